The maximum absolute atomic E-state index is 10.5. The van der Waals surface area contributed by atoms with E-state index in [1.165, 1.54) is 12.5 Å². The number of nitrogen functional groups attached to an aromatic ring is 1. The van der Waals surface area contributed by atoms with Gasteiger partial charge in [0.25, 0.3) is 6.47 Å². The molecule has 0 aliphatic heterocycles. The summed E-state index contributed by atoms with van der Waals surface area (Å²) in [5, 5.41) is 18.8. The van der Waals surface area contributed by atoms with Crippen molar-refractivity contribution in [1.29, 1.82) is 0 Å². The highest BCUT2D eigenvalue weighted by atomic mass is 16.5. The zero-order valence-electron chi connectivity index (χ0n) is 13.9. The van der Waals surface area contributed by atoms with Crippen molar-refractivity contribution >= 4 is 35.6 Å². The van der Waals surface area contributed by atoms with Crippen molar-refractivity contribution in [1.82, 2.24) is 15.2 Å². The van der Waals surface area contributed by atoms with Crippen molar-refractivity contribution < 1.29 is 18.9 Å². The van der Waals surface area contributed by atoms with Gasteiger partial charge in [0, 0.05) is 10.9 Å². The lowest BCUT2D eigenvalue weighted by Crippen LogP contribution is -2.33. The fraction of sp³-hybridized carbons (Fsp3) is 0. The molecule has 0 radical (unpaired) electrons. The van der Waals surface area contributed by atoms with E-state index in [0.717, 1.165) is 16.5 Å². The number of benzene rings is 2. The number of anilines is 1. The number of carbonyl (C=O) groups is 1. The summed E-state index contributed by atoms with van der Waals surface area (Å²) in [6.07, 6.45) is 4.52. The van der Waals surface area contributed by atoms with E-state index in [4.69, 9.17) is 10.2 Å². The first-order valence-corrected chi connectivity index (χ1v) is 7.99. The molecule has 8 nitrogen and oxygen atoms in total. The highest BCUT2D eigenvalue weighted by molar-refractivity contribution is 6.61. The lowest BCUT2D eigenvalue weighted by molar-refractivity contribution is -0.121. The molecule has 0 bridgehead atoms. The summed E-state index contributed by atoms with van der Waals surface area (Å²) in [6.45, 7) is 0.195. The molecule has 0 amide bonds. The van der Waals surface area contributed by atoms with Crippen LogP contribution in [0.2, 0.25) is 0 Å². The molecule has 132 valence electrons. The van der Waals surface area contributed by atoms with Crippen LogP contribution in [0.25, 0.3) is 33.5 Å². The van der Waals surface area contributed by atoms with Gasteiger partial charge in [-0.1, -0.05) is 18.2 Å². The number of fused-ring (bicyclic) bond motifs is 1. The van der Waals surface area contributed by atoms with Crippen LogP contribution in [-0.2, 0) is 9.45 Å². The zero-order valence-corrected chi connectivity index (χ0v) is 13.9. The first-order valence-electron chi connectivity index (χ1n) is 7.99. The normalized spacial score (nSPS) is 10.7. The largest absolute Gasteiger partial charge is 0.561 e. The number of carbonyl (C=O) groups excluding carboxylic acids is 1. The van der Waals surface area contributed by atoms with Crippen molar-refractivity contribution in [3.8, 4) is 22.6 Å². The van der Waals surface area contributed by atoms with Gasteiger partial charge in [-0.2, -0.15) is 10.2 Å². The van der Waals surface area contributed by atoms with E-state index >= 15 is 0 Å². The molecule has 27 heavy (non-hydrogen) atoms. The van der Waals surface area contributed by atoms with Gasteiger partial charge < -0.3 is 19.8 Å². The molecule has 2 heterocycles. The topological polar surface area (TPSA) is 124 Å². The second kappa shape index (κ2) is 6.89. The first kappa shape index (κ1) is 16.7. The molecule has 0 saturated heterocycles. The third kappa shape index (κ3) is 3.11. The van der Waals surface area contributed by atoms with Crippen LogP contribution in [0, 0.1) is 0 Å². The van der Waals surface area contributed by atoms with Crippen LogP contribution in [0.1, 0.15) is 0 Å². The molecule has 3 N–H and O–H groups in total. The van der Waals surface area contributed by atoms with Crippen LogP contribution in [-0.4, -0.2) is 33.8 Å². The standard InChI is InChI=1S/C18H13BN4O4/c20-16-9-22-23-17-7-11(1-3-14(16)17)15-8-12(19(25)27-10-24)2-4-13(15)18-21-5-6-26-18/h1-10,25H,(H2,20,23). The highest BCUT2D eigenvalue weighted by Gasteiger charge is 2.21. The average Bonchev–Trinajstić information content (AvgIpc) is 3.22. The van der Waals surface area contributed by atoms with Crippen molar-refractivity contribution in [2.24, 2.45) is 0 Å². The minimum atomic E-state index is -1.38. The summed E-state index contributed by atoms with van der Waals surface area (Å²) in [5.41, 5.74) is 9.72. The molecule has 4 rings (SSSR count). The molecular formula is C18H13BN4O4. The maximum atomic E-state index is 10.5. The Hall–Kier alpha value is -3.72. The lowest BCUT2D eigenvalue weighted by Gasteiger charge is -2.12. The molecule has 0 unspecified atom stereocenters. The molecule has 2 aromatic carbocycles. The summed E-state index contributed by atoms with van der Waals surface area (Å²) < 4.78 is 10.1. The molecule has 0 fully saturated rings. The Kier molecular flexibility index (Phi) is 4.27. The highest BCUT2D eigenvalue weighted by Crippen LogP contribution is 2.32. The fourth-order valence-electron chi connectivity index (χ4n) is 2.88. The fourth-order valence-corrected chi connectivity index (χ4v) is 2.88. The quantitative estimate of drug-likeness (QED) is 0.404. The lowest BCUT2D eigenvalue weighted by atomic mass is 9.77. The predicted octanol–water partition coefficient (Wildman–Crippen LogP) is 1.39. The van der Waals surface area contributed by atoms with E-state index in [9.17, 15) is 9.82 Å². The van der Waals surface area contributed by atoms with Crippen LogP contribution >= 0.6 is 0 Å². The molecule has 0 spiro atoms. The molecule has 0 aliphatic rings. The summed E-state index contributed by atoms with van der Waals surface area (Å²) in [6, 6.07) is 10.6. The number of oxazole rings is 1. The smallest absolute Gasteiger partial charge is 0.508 e. The van der Waals surface area contributed by atoms with E-state index in [-0.39, 0.29) is 6.47 Å². The van der Waals surface area contributed by atoms with Crippen molar-refractivity contribution in [2.75, 3.05) is 5.73 Å². The van der Waals surface area contributed by atoms with Gasteiger partial charge >= 0.3 is 7.12 Å². The van der Waals surface area contributed by atoms with Gasteiger partial charge in [0.15, 0.2) is 0 Å². The van der Waals surface area contributed by atoms with Crippen molar-refractivity contribution in [3.63, 3.8) is 0 Å². The van der Waals surface area contributed by atoms with E-state index in [1.54, 1.807) is 24.4 Å². The number of rotatable bonds is 5. The molecular weight excluding hydrogens is 347 g/mol. The summed E-state index contributed by atoms with van der Waals surface area (Å²) in [7, 11) is -1.38. The van der Waals surface area contributed by atoms with Crippen molar-refractivity contribution in [2.45, 2.75) is 0 Å². The Bertz CT molecular complexity index is 1120. The minimum Gasteiger partial charge on any atom is -0.508 e. The summed E-state index contributed by atoms with van der Waals surface area (Å²) in [4.78, 5) is 14.7. The zero-order chi connectivity index (χ0) is 18.8. The second-order valence-corrected chi connectivity index (χ2v) is 5.76. The Labute approximate surface area is 153 Å². The molecule has 0 aliphatic carbocycles. The van der Waals surface area contributed by atoms with Crippen LogP contribution in [0.3, 0.4) is 0 Å². The van der Waals surface area contributed by atoms with Gasteiger partial charge in [0.1, 0.15) is 6.26 Å². The molecule has 0 atom stereocenters. The molecule has 0 saturated carbocycles. The van der Waals surface area contributed by atoms with E-state index < -0.39 is 7.12 Å². The van der Waals surface area contributed by atoms with Gasteiger partial charge in [0.2, 0.25) is 5.89 Å². The minimum absolute atomic E-state index is 0.195. The number of hydrogen-bond donors (Lipinski definition) is 2. The number of nitrogens with two attached hydrogens (primary N) is 1. The van der Waals surface area contributed by atoms with Crippen molar-refractivity contribution in [3.05, 3.63) is 55.1 Å². The van der Waals surface area contributed by atoms with Gasteiger partial charge in [-0.25, -0.2) is 4.98 Å². The van der Waals surface area contributed by atoms with Gasteiger partial charge in [-0.05, 0) is 34.8 Å². The number of aromatic nitrogens is 3. The molecule has 4 aromatic rings. The average molecular weight is 360 g/mol. The monoisotopic (exact) mass is 360 g/mol. The first-order chi connectivity index (χ1) is 13.2. The van der Waals surface area contributed by atoms with Gasteiger partial charge in [-0.15, -0.1) is 0 Å². The van der Waals surface area contributed by atoms with Gasteiger partial charge in [0.05, 0.1) is 23.6 Å². The summed E-state index contributed by atoms with van der Waals surface area (Å²) in [5.74, 6) is 0.418. The maximum Gasteiger partial charge on any atom is 0.561 e. The summed E-state index contributed by atoms with van der Waals surface area (Å²) >= 11 is 0. The van der Waals surface area contributed by atoms with Crippen LogP contribution in [0.5, 0.6) is 0 Å². The third-order valence-electron chi connectivity index (χ3n) is 4.16. The van der Waals surface area contributed by atoms with Crippen LogP contribution in [0.15, 0.2) is 59.5 Å². The van der Waals surface area contributed by atoms with E-state index in [1.807, 2.05) is 18.2 Å². The Morgan fingerprint density at radius 3 is 2.85 bits per heavy atom. The third-order valence-corrected chi connectivity index (χ3v) is 4.16. The SMILES string of the molecule is Nc1cnnc2cc(-c3cc(B(O)OC=O)ccc3-c3ncco3)ccc12. The Balaban J connectivity index is 1.91. The molecule has 9 heteroatoms. The number of hydrogen-bond acceptors (Lipinski definition) is 8. The van der Waals surface area contributed by atoms with Crippen LogP contribution in [0.4, 0.5) is 5.69 Å². The second-order valence-electron chi connectivity index (χ2n) is 5.76. The Morgan fingerprint density at radius 2 is 2.07 bits per heavy atom. The van der Waals surface area contributed by atoms with Gasteiger partial charge in [-0.3, -0.25) is 4.79 Å². The van der Waals surface area contributed by atoms with E-state index in [2.05, 4.69) is 19.8 Å². The predicted molar refractivity (Wildman–Crippen MR) is 99.6 cm³/mol. The van der Waals surface area contributed by atoms with Crippen LogP contribution < -0.4 is 11.2 Å². The number of nitrogens with zero attached hydrogens (tertiary/aromatic N) is 3. The Morgan fingerprint density at radius 1 is 1.19 bits per heavy atom. The van der Waals surface area contributed by atoms with E-state index in [0.29, 0.717) is 28.1 Å². The molecule has 2 aromatic heterocycles.